The summed E-state index contributed by atoms with van der Waals surface area (Å²) >= 11 is 1.73. The zero-order valence-corrected chi connectivity index (χ0v) is 12.7. The molecule has 0 saturated heterocycles. The van der Waals surface area contributed by atoms with Crippen LogP contribution in [0, 0.1) is 0 Å². The molecule has 0 bridgehead atoms. The smallest absolute Gasteiger partial charge is 0.224 e. The number of carbonyl (C=O) groups excluding carboxylic acids is 1. The van der Waals surface area contributed by atoms with Gasteiger partial charge in [0.15, 0.2) is 0 Å². The summed E-state index contributed by atoms with van der Waals surface area (Å²) in [6.07, 6.45) is 5.83. The minimum Gasteiger partial charge on any atom is -0.341 e. The van der Waals surface area contributed by atoms with E-state index >= 15 is 0 Å². The van der Waals surface area contributed by atoms with Gasteiger partial charge in [-0.1, -0.05) is 18.2 Å². The fourth-order valence-corrected chi connectivity index (χ4v) is 3.29. The van der Waals surface area contributed by atoms with Crippen molar-refractivity contribution in [2.75, 3.05) is 7.05 Å². The highest BCUT2D eigenvalue weighted by molar-refractivity contribution is 7.17. The highest BCUT2D eigenvalue weighted by Gasteiger charge is 2.12. The van der Waals surface area contributed by atoms with Gasteiger partial charge in [0, 0.05) is 43.7 Å². The van der Waals surface area contributed by atoms with Crippen LogP contribution in [0.15, 0.2) is 48.4 Å². The molecule has 2 aromatic heterocycles. The van der Waals surface area contributed by atoms with Gasteiger partial charge >= 0.3 is 0 Å². The van der Waals surface area contributed by atoms with E-state index in [0.29, 0.717) is 19.5 Å². The van der Waals surface area contributed by atoms with E-state index in [9.17, 15) is 4.79 Å². The van der Waals surface area contributed by atoms with Crippen LogP contribution in [0.1, 0.15) is 12.0 Å². The molecule has 3 aromatic rings. The predicted octanol–water partition coefficient (Wildman–Crippen LogP) is 3.15. The normalized spacial score (nSPS) is 10.9. The van der Waals surface area contributed by atoms with Crippen LogP contribution >= 0.6 is 11.3 Å². The van der Waals surface area contributed by atoms with Gasteiger partial charge in [0.2, 0.25) is 5.91 Å². The number of carbonyl (C=O) groups is 1. The summed E-state index contributed by atoms with van der Waals surface area (Å²) in [6.45, 7) is 1.33. The first-order valence-corrected chi connectivity index (χ1v) is 7.77. The molecule has 0 unspecified atom stereocenters. The molecule has 108 valence electrons. The molecular formula is C16H17N3OS. The maximum absolute atomic E-state index is 12.2. The number of hydrogen-bond acceptors (Lipinski definition) is 3. The van der Waals surface area contributed by atoms with Crippen molar-refractivity contribution < 1.29 is 4.79 Å². The third-order valence-corrected chi connectivity index (χ3v) is 4.55. The Labute approximate surface area is 127 Å². The average molecular weight is 299 g/mol. The van der Waals surface area contributed by atoms with E-state index in [4.69, 9.17) is 0 Å². The number of aromatic nitrogens is 2. The molecule has 4 nitrogen and oxygen atoms in total. The monoisotopic (exact) mass is 299 g/mol. The molecule has 0 spiro atoms. The zero-order chi connectivity index (χ0) is 14.7. The molecule has 0 aliphatic rings. The Morgan fingerprint density at radius 1 is 1.38 bits per heavy atom. The minimum atomic E-state index is 0.152. The van der Waals surface area contributed by atoms with E-state index < -0.39 is 0 Å². The van der Waals surface area contributed by atoms with Gasteiger partial charge in [0.25, 0.3) is 0 Å². The first-order chi connectivity index (χ1) is 10.2. The molecule has 1 aromatic carbocycles. The fraction of sp³-hybridized carbons (Fsp3) is 0.250. The number of imidazole rings is 1. The van der Waals surface area contributed by atoms with Crippen molar-refractivity contribution in [1.29, 1.82) is 0 Å². The number of nitrogens with zero attached hydrogens (tertiary/aromatic N) is 3. The maximum Gasteiger partial charge on any atom is 0.224 e. The average Bonchev–Trinajstić information content (AvgIpc) is 3.15. The number of hydrogen-bond donors (Lipinski definition) is 0. The third kappa shape index (κ3) is 3.13. The molecule has 0 aliphatic heterocycles. The van der Waals surface area contributed by atoms with Crippen molar-refractivity contribution >= 4 is 27.3 Å². The van der Waals surface area contributed by atoms with E-state index in [0.717, 1.165) is 0 Å². The second kappa shape index (κ2) is 6.10. The van der Waals surface area contributed by atoms with Gasteiger partial charge in [-0.15, -0.1) is 11.3 Å². The number of rotatable bonds is 5. The van der Waals surface area contributed by atoms with Gasteiger partial charge in [-0.25, -0.2) is 4.98 Å². The molecule has 1 amide bonds. The number of amides is 1. The summed E-state index contributed by atoms with van der Waals surface area (Å²) in [5.41, 5.74) is 1.22. The fourth-order valence-electron chi connectivity index (χ4n) is 2.33. The van der Waals surface area contributed by atoms with E-state index in [1.807, 2.05) is 29.9 Å². The van der Waals surface area contributed by atoms with Crippen LogP contribution in [-0.4, -0.2) is 27.4 Å². The summed E-state index contributed by atoms with van der Waals surface area (Å²) in [5, 5.41) is 3.39. The van der Waals surface area contributed by atoms with Crippen LogP contribution < -0.4 is 0 Å². The number of aryl methyl sites for hydroxylation is 1. The molecule has 5 heteroatoms. The standard InChI is InChI=1S/C16H17N3OS/c1-18(16(20)6-8-19-9-7-17-12-19)10-13-11-21-15-5-3-2-4-14(13)15/h2-5,7,9,11-12H,6,8,10H2,1H3. The van der Waals surface area contributed by atoms with Crippen LogP contribution in [0.5, 0.6) is 0 Å². The molecule has 0 fully saturated rings. The SMILES string of the molecule is CN(Cc1csc2ccccc12)C(=O)CCn1ccnc1. The second-order valence-electron chi connectivity index (χ2n) is 5.06. The summed E-state index contributed by atoms with van der Waals surface area (Å²) in [4.78, 5) is 18.0. The van der Waals surface area contributed by atoms with Crippen molar-refractivity contribution in [3.8, 4) is 0 Å². The third-order valence-electron chi connectivity index (χ3n) is 3.54. The summed E-state index contributed by atoms with van der Waals surface area (Å²) in [5.74, 6) is 0.152. The number of thiophene rings is 1. The van der Waals surface area contributed by atoms with Crippen molar-refractivity contribution in [2.45, 2.75) is 19.5 Å². The maximum atomic E-state index is 12.2. The quantitative estimate of drug-likeness (QED) is 0.726. The first-order valence-electron chi connectivity index (χ1n) is 6.89. The first kappa shape index (κ1) is 13.8. The van der Waals surface area contributed by atoms with Gasteiger partial charge < -0.3 is 9.47 Å². The van der Waals surface area contributed by atoms with Crippen LogP contribution in [0.25, 0.3) is 10.1 Å². The number of benzene rings is 1. The van der Waals surface area contributed by atoms with Crippen LogP contribution in [0.3, 0.4) is 0 Å². The van der Waals surface area contributed by atoms with Gasteiger partial charge in [-0.2, -0.15) is 0 Å². The highest BCUT2D eigenvalue weighted by Crippen LogP contribution is 2.26. The zero-order valence-electron chi connectivity index (χ0n) is 11.9. The topological polar surface area (TPSA) is 38.1 Å². The van der Waals surface area contributed by atoms with Gasteiger partial charge in [-0.3, -0.25) is 4.79 Å². The van der Waals surface area contributed by atoms with Crippen molar-refractivity contribution in [3.05, 3.63) is 53.9 Å². The lowest BCUT2D eigenvalue weighted by atomic mass is 10.1. The molecule has 2 heterocycles. The second-order valence-corrected chi connectivity index (χ2v) is 5.97. The Morgan fingerprint density at radius 3 is 3.05 bits per heavy atom. The van der Waals surface area contributed by atoms with Gasteiger partial charge in [0.1, 0.15) is 0 Å². The van der Waals surface area contributed by atoms with Gasteiger partial charge in [-0.05, 0) is 22.4 Å². The van der Waals surface area contributed by atoms with Crippen molar-refractivity contribution in [1.82, 2.24) is 14.5 Å². The predicted molar refractivity (Wildman–Crippen MR) is 85.1 cm³/mol. The lowest BCUT2D eigenvalue weighted by molar-refractivity contribution is -0.130. The van der Waals surface area contributed by atoms with Crippen LogP contribution in [0.2, 0.25) is 0 Å². The molecule has 0 N–H and O–H groups in total. The molecule has 21 heavy (non-hydrogen) atoms. The lowest BCUT2D eigenvalue weighted by Crippen LogP contribution is -2.26. The van der Waals surface area contributed by atoms with E-state index in [1.54, 1.807) is 28.8 Å². The minimum absolute atomic E-state index is 0.152. The van der Waals surface area contributed by atoms with Crippen molar-refractivity contribution in [2.24, 2.45) is 0 Å². The Hall–Kier alpha value is -2.14. The van der Waals surface area contributed by atoms with E-state index in [1.165, 1.54) is 15.6 Å². The van der Waals surface area contributed by atoms with E-state index in [2.05, 4.69) is 22.5 Å². The molecule has 3 rings (SSSR count). The molecule has 0 radical (unpaired) electrons. The van der Waals surface area contributed by atoms with Crippen LogP contribution in [-0.2, 0) is 17.9 Å². The molecule has 0 saturated carbocycles. The summed E-state index contributed by atoms with van der Waals surface area (Å²) in [6, 6.07) is 8.32. The Bertz CT molecular complexity index is 733. The summed E-state index contributed by atoms with van der Waals surface area (Å²) < 4.78 is 3.19. The molecule has 0 aliphatic carbocycles. The molecular weight excluding hydrogens is 282 g/mol. The lowest BCUT2D eigenvalue weighted by Gasteiger charge is -2.17. The molecule has 0 atom stereocenters. The summed E-state index contributed by atoms with van der Waals surface area (Å²) in [7, 11) is 1.86. The Kier molecular flexibility index (Phi) is 4.01. The van der Waals surface area contributed by atoms with Gasteiger partial charge in [0.05, 0.1) is 6.33 Å². The number of fused-ring (bicyclic) bond motifs is 1. The van der Waals surface area contributed by atoms with Crippen LogP contribution in [0.4, 0.5) is 0 Å². The Balaban J connectivity index is 1.62. The largest absolute Gasteiger partial charge is 0.341 e. The van der Waals surface area contributed by atoms with Crippen molar-refractivity contribution in [3.63, 3.8) is 0 Å². The highest BCUT2D eigenvalue weighted by atomic mass is 32.1. The van der Waals surface area contributed by atoms with E-state index in [-0.39, 0.29) is 5.91 Å². The Morgan fingerprint density at radius 2 is 2.24 bits per heavy atom.